The number of carbonyl (C=O) groups is 1. The first kappa shape index (κ1) is 14.2. The van der Waals surface area contributed by atoms with Crippen LogP contribution in [0.1, 0.15) is 22.8 Å². The lowest BCUT2D eigenvalue weighted by Gasteiger charge is -2.14. The quantitative estimate of drug-likeness (QED) is 0.791. The van der Waals surface area contributed by atoms with E-state index in [9.17, 15) is 13.6 Å². The van der Waals surface area contributed by atoms with Gasteiger partial charge in [0.05, 0.1) is 0 Å². The van der Waals surface area contributed by atoms with Crippen molar-refractivity contribution in [2.75, 3.05) is 0 Å². The molecule has 20 heavy (non-hydrogen) atoms. The maximum atomic E-state index is 13.5. The van der Waals surface area contributed by atoms with Crippen molar-refractivity contribution < 1.29 is 18.3 Å². The number of ketones is 1. The summed E-state index contributed by atoms with van der Waals surface area (Å²) in [6.07, 6.45) is -0.849. The third kappa shape index (κ3) is 3.20. The standard InChI is InChI=1S/C16H14F2O2/c1-10-3-5-12(6-4-10)16(19)11(2)20-15-8-7-13(17)9-14(15)18/h3-9,11H,1-2H3. The highest BCUT2D eigenvalue weighted by molar-refractivity contribution is 5.99. The lowest BCUT2D eigenvalue weighted by molar-refractivity contribution is 0.0812. The zero-order valence-corrected chi connectivity index (χ0v) is 11.2. The number of benzene rings is 2. The van der Waals surface area contributed by atoms with Crippen molar-refractivity contribution in [2.24, 2.45) is 0 Å². The van der Waals surface area contributed by atoms with Crippen molar-refractivity contribution >= 4 is 5.78 Å². The first-order valence-electron chi connectivity index (χ1n) is 6.20. The molecule has 0 aromatic heterocycles. The summed E-state index contributed by atoms with van der Waals surface area (Å²) in [6, 6.07) is 10.00. The zero-order chi connectivity index (χ0) is 14.7. The fraction of sp³-hybridized carbons (Fsp3) is 0.188. The van der Waals surface area contributed by atoms with Crippen molar-refractivity contribution in [1.82, 2.24) is 0 Å². The van der Waals surface area contributed by atoms with Crippen molar-refractivity contribution in [3.8, 4) is 5.75 Å². The Morgan fingerprint density at radius 3 is 2.35 bits per heavy atom. The average molecular weight is 276 g/mol. The molecule has 1 atom stereocenters. The van der Waals surface area contributed by atoms with Gasteiger partial charge in [-0.1, -0.05) is 29.8 Å². The van der Waals surface area contributed by atoms with Crippen molar-refractivity contribution in [2.45, 2.75) is 20.0 Å². The van der Waals surface area contributed by atoms with Crippen LogP contribution in [0.15, 0.2) is 42.5 Å². The van der Waals surface area contributed by atoms with Crippen LogP contribution in [0.5, 0.6) is 5.75 Å². The number of hydrogen-bond donors (Lipinski definition) is 0. The minimum atomic E-state index is -0.849. The van der Waals surface area contributed by atoms with Crippen LogP contribution in [0.2, 0.25) is 0 Å². The third-order valence-corrected chi connectivity index (χ3v) is 2.90. The molecule has 104 valence electrons. The number of hydrogen-bond acceptors (Lipinski definition) is 2. The minimum absolute atomic E-state index is 0.139. The molecule has 4 heteroatoms. The molecule has 0 spiro atoms. The zero-order valence-electron chi connectivity index (χ0n) is 11.2. The topological polar surface area (TPSA) is 26.3 Å². The summed E-state index contributed by atoms with van der Waals surface area (Å²) in [5, 5.41) is 0. The number of carbonyl (C=O) groups excluding carboxylic acids is 1. The van der Waals surface area contributed by atoms with E-state index >= 15 is 0 Å². The SMILES string of the molecule is Cc1ccc(C(=O)C(C)Oc2ccc(F)cc2F)cc1. The number of halogens is 2. The van der Waals surface area contributed by atoms with Crippen LogP contribution >= 0.6 is 0 Å². The summed E-state index contributed by atoms with van der Waals surface area (Å²) >= 11 is 0. The second-order valence-corrected chi connectivity index (χ2v) is 4.57. The minimum Gasteiger partial charge on any atom is -0.479 e. The molecule has 0 saturated heterocycles. The second kappa shape index (κ2) is 5.82. The molecule has 0 bridgehead atoms. The summed E-state index contributed by atoms with van der Waals surface area (Å²) in [5.74, 6) is -1.91. The number of ether oxygens (including phenoxy) is 1. The number of rotatable bonds is 4. The van der Waals surface area contributed by atoms with Gasteiger partial charge in [-0.2, -0.15) is 0 Å². The smallest absolute Gasteiger partial charge is 0.202 e. The molecule has 0 N–H and O–H groups in total. The van der Waals surface area contributed by atoms with E-state index in [0.29, 0.717) is 5.56 Å². The molecular formula is C16H14F2O2. The Bertz CT molecular complexity index is 621. The molecule has 0 radical (unpaired) electrons. The molecule has 0 heterocycles. The summed E-state index contributed by atoms with van der Waals surface area (Å²) < 4.78 is 31.5. The van der Waals surface area contributed by atoms with Gasteiger partial charge in [0.1, 0.15) is 5.82 Å². The molecule has 2 aromatic carbocycles. The first-order chi connectivity index (χ1) is 9.47. The maximum Gasteiger partial charge on any atom is 0.202 e. The Balaban J connectivity index is 2.13. The van der Waals surface area contributed by atoms with E-state index in [1.165, 1.54) is 13.0 Å². The molecule has 2 nitrogen and oxygen atoms in total. The highest BCUT2D eigenvalue weighted by Crippen LogP contribution is 2.20. The van der Waals surface area contributed by atoms with Gasteiger partial charge >= 0.3 is 0 Å². The highest BCUT2D eigenvalue weighted by Gasteiger charge is 2.18. The van der Waals surface area contributed by atoms with E-state index in [1.54, 1.807) is 12.1 Å². The van der Waals surface area contributed by atoms with Crippen LogP contribution < -0.4 is 4.74 Å². The second-order valence-electron chi connectivity index (χ2n) is 4.57. The summed E-state index contributed by atoms with van der Waals surface area (Å²) in [5.41, 5.74) is 1.53. The summed E-state index contributed by atoms with van der Waals surface area (Å²) in [7, 11) is 0. The van der Waals surface area contributed by atoms with Gasteiger partial charge in [0.25, 0.3) is 0 Å². The van der Waals surface area contributed by atoms with Gasteiger partial charge in [0.2, 0.25) is 5.78 Å². The molecular weight excluding hydrogens is 262 g/mol. The van der Waals surface area contributed by atoms with E-state index < -0.39 is 17.7 Å². The Morgan fingerprint density at radius 1 is 1.10 bits per heavy atom. The van der Waals surface area contributed by atoms with Gasteiger partial charge < -0.3 is 4.74 Å². The van der Waals surface area contributed by atoms with Crippen LogP contribution in [0, 0.1) is 18.6 Å². The van der Waals surface area contributed by atoms with E-state index in [4.69, 9.17) is 4.74 Å². The predicted octanol–water partition coefficient (Wildman–Crippen LogP) is 3.92. The molecule has 0 saturated carbocycles. The Hall–Kier alpha value is -2.23. The molecule has 0 aliphatic carbocycles. The molecule has 0 aliphatic heterocycles. The number of Topliss-reactive ketones (excluding diaryl/α,β-unsaturated/α-hetero) is 1. The van der Waals surface area contributed by atoms with E-state index in [0.717, 1.165) is 17.7 Å². The summed E-state index contributed by atoms with van der Waals surface area (Å²) in [6.45, 7) is 3.45. The van der Waals surface area contributed by atoms with Gasteiger partial charge in [-0.25, -0.2) is 8.78 Å². The molecule has 0 aliphatic rings. The van der Waals surface area contributed by atoms with E-state index in [1.807, 2.05) is 19.1 Å². The van der Waals surface area contributed by atoms with Crippen LogP contribution in [-0.4, -0.2) is 11.9 Å². The fourth-order valence-corrected chi connectivity index (χ4v) is 1.77. The number of aryl methyl sites for hydroxylation is 1. The summed E-state index contributed by atoms with van der Waals surface area (Å²) in [4.78, 5) is 12.1. The highest BCUT2D eigenvalue weighted by atomic mass is 19.1. The van der Waals surface area contributed by atoms with Gasteiger partial charge in [-0.05, 0) is 26.0 Å². The van der Waals surface area contributed by atoms with Gasteiger partial charge in [0, 0.05) is 11.6 Å². The third-order valence-electron chi connectivity index (χ3n) is 2.90. The van der Waals surface area contributed by atoms with E-state index in [2.05, 4.69) is 0 Å². The van der Waals surface area contributed by atoms with Gasteiger partial charge in [-0.15, -0.1) is 0 Å². The maximum absolute atomic E-state index is 13.5. The van der Waals surface area contributed by atoms with Crippen LogP contribution in [0.25, 0.3) is 0 Å². The van der Waals surface area contributed by atoms with Gasteiger partial charge in [-0.3, -0.25) is 4.79 Å². The van der Waals surface area contributed by atoms with Crippen LogP contribution in [0.3, 0.4) is 0 Å². The van der Waals surface area contributed by atoms with Crippen LogP contribution in [0.4, 0.5) is 8.78 Å². The van der Waals surface area contributed by atoms with Gasteiger partial charge in [0.15, 0.2) is 17.7 Å². The largest absolute Gasteiger partial charge is 0.479 e. The normalized spacial score (nSPS) is 12.0. The van der Waals surface area contributed by atoms with Crippen molar-refractivity contribution in [1.29, 1.82) is 0 Å². The molecule has 1 unspecified atom stereocenters. The Morgan fingerprint density at radius 2 is 1.75 bits per heavy atom. The van der Waals surface area contributed by atoms with E-state index in [-0.39, 0.29) is 11.5 Å². The Labute approximate surface area is 116 Å². The molecule has 2 rings (SSSR count). The first-order valence-corrected chi connectivity index (χ1v) is 6.20. The molecule has 2 aromatic rings. The van der Waals surface area contributed by atoms with Crippen LogP contribution in [-0.2, 0) is 0 Å². The lowest BCUT2D eigenvalue weighted by atomic mass is 10.1. The monoisotopic (exact) mass is 276 g/mol. The predicted molar refractivity (Wildman–Crippen MR) is 72.0 cm³/mol. The van der Waals surface area contributed by atoms with Crippen molar-refractivity contribution in [3.05, 3.63) is 65.2 Å². The lowest BCUT2D eigenvalue weighted by Crippen LogP contribution is -2.24. The Kier molecular flexibility index (Phi) is 4.13. The average Bonchev–Trinajstić information content (AvgIpc) is 2.42. The fourth-order valence-electron chi connectivity index (χ4n) is 1.77. The molecule has 0 amide bonds. The molecule has 0 fully saturated rings. The van der Waals surface area contributed by atoms with Crippen molar-refractivity contribution in [3.63, 3.8) is 0 Å².